The third kappa shape index (κ3) is 5.00. The maximum Gasteiger partial charge on any atom is 0.273 e. The van der Waals surface area contributed by atoms with Crippen LogP contribution in [0.2, 0.25) is 0 Å². The minimum atomic E-state index is -0.311. The second-order valence-corrected chi connectivity index (χ2v) is 6.17. The summed E-state index contributed by atoms with van der Waals surface area (Å²) in [4.78, 5) is 18.4. The number of H-pyrrole nitrogens is 1. The monoisotopic (exact) mass is 354 g/mol. The van der Waals surface area contributed by atoms with E-state index in [0.29, 0.717) is 24.0 Å². The van der Waals surface area contributed by atoms with Crippen LogP contribution in [0.4, 0.5) is 0 Å². The molecule has 26 heavy (non-hydrogen) atoms. The number of nitrogens with zero attached hydrogens (tertiary/aromatic N) is 4. The quantitative estimate of drug-likeness (QED) is 0.639. The summed E-state index contributed by atoms with van der Waals surface area (Å²) < 4.78 is 5.27. The molecule has 2 aromatic heterocycles. The van der Waals surface area contributed by atoms with Gasteiger partial charge in [-0.25, -0.2) is 4.98 Å². The Morgan fingerprint density at radius 1 is 1.31 bits per heavy atom. The summed E-state index contributed by atoms with van der Waals surface area (Å²) in [6.07, 6.45) is 0.953. The minimum absolute atomic E-state index is 0.238. The van der Waals surface area contributed by atoms with Crippen LogP contribution in [0, 0.1) is 6.92 Å². The molecule has 0 atom stereocenters. The highest BCUT2D eigenvalue weighted by atomic mass is 16.5. The van der Waals surface area contributed by atoms with Gasteiger partial charge in [-0.15, -0.1) is 0 Å². The van der Waals surface area contributed by atoms with Crippen molar-refractivity contribution in [2.75, 3.05) is 13.6 Å². The Hall–Kier alpha value is -3.00. The van der Waals surface area contributed by atoms with E-state index in [2.05, 4.69) is 42.7 Å². The van der Waals surface area contributed by atoms with Crippen molar-refractivity contribution in [3.63, 3.8) is 0 Å². The summed E-state index contributed by atoms with van der Waals surface area (Å²) in [6.45, 7) is 3.52. The lowest BCUT2D eigenvalue weighted by Gasteiger charge is -2.14. The molecule has 8 heteroatoms. The summed E-state index contributed by atoms with van der Waals surface area (Å²) in [5, 5.41) is 13.3. The average Bonchev–Trinajstić information content (AvgIpc) is 3.28. The average molecular weight is 354 g/mol. The van der Waals surface area contributed by atoms with E-state index in [1.807, 2.05) is 25.2 Å². The highest BCUT2D eigenvalue weighted by Crippen LogP contribution is 2.08. The van der Waals surface area contributed by atoms with E-state index in [-0.39, 0.29) is 18.1 Å². The molecule has 0 aliphatic carbocycles. The number of rotatable bonds is 8. The van der Waals surface area contributed by atoms with E-state index in [1.165, 1.54) is 5.56 Å². The van der Waals surface area contributed by atoms with Crippen molar-refractivity contribution in [2.24, 2.45) is 0 Å². The van der Waals surface area contributed by atoms with Gasteiger partial charge in [0.1, 0.15) is 5.82 Å². The van der Waals surface area contributed by atoms with Crippen LogP contribution < -0.4 is 5.32 Å². The number of amides is 1. The third-order valence-corrected chi connectivity index (χ3v) is 3.89. The number of aryl methyl sites for hydroxylation is 1. The van der Waals surface area contributed by atoms with Gasteiger partial charge < -0.3 is 9.84 Å². The van der Waals surface area contributed by atoms with E-state index in [4.69, 9.17) is 4.52 Å². The number of aromatic nitrogens is 4. The van der Waals surface area contributed by atoms with Crippen molar-refractivity contribution in [3.05, 3.63) is 65.1 Å². The lowest BCUT2D eigenvalue weighted by molar-refractivity contribution is 0.0940. The topological polar surface area (TPSA) is 99.9 Å². The summed E-state index contributed by atoms with van der Waals surface area (Å²) >= 11 is 0. The Balaban J connectivity index is 1.46. The predicted molar refractivity (Wildman–Crippen MR) is 95.3 cm³/mol. The first-order valence-corrected chi connectivity index (χ1v) is 8.44. The van der Waals surface area contributed by atoms with Gasteiger partial charge in [0.2, 0.25) is 0 Å². The number of nitrogens with one attached hydrogen (secondary N) is 2. The first-order chi connectivity index (χ1) is 12.6. The highest BCUT2D eigenvalue weighted by Gasteiger charge is 2.14. The standard InChI is InChI=1S/C18H22N6O2/c1-13-20-17(22-21-13)11-19-18(25)16-10-15(26-23-16)12-24(2)9-8-14-6-4-3-5-7-14/h3-7,10H,8-9,11-12H2,1-2H3,(H,19,25)(H,20,21,22). The first-order valence-electron chi connectivity index (χ1n) is 8.44. The smallest absolute Gasteiger partial charge is 0.273 e. The Bertz CT molecular complexity index is 842. The molecule has 2 heterocycles. The second kappa shape index (κ2) is 8.39. The van der Waals surface area contributed by atoms with Gasteiger partial charge in [0.25, 0.3) is 5.91 Å². The zero-order chi connectivity index (χ0) is 18.4. The number of aromatic amines is 1. The van der Waals surface area contributed by atoms with Crippen LogP contribution in [-0.2, 0) is 19.5 Å². The van der Waals surface area contributed by atoms with Crippen molar-refractivity contribution in [1.82, 2.24) is 30.6 Å². The number of benzene rings is 1. The van der Waals surface area contributed by atoms with Crippen molar-refractivity contribution in [3.8, 4) is 0 Å². The Kier molecular flexibility index (Phi) is 5.75. The van der Waals surface area contributed by atoms with Gasteiger partial charge in [-0.3, -0.25) is 14.8 Å². The zero-order valence-electron chi connectivity index (χ0n) is 14.9. The van der Waals surface area contributed by atoms with Gasteiger partial charge in [-0.05, 0) is 26.0 Å². The Labute approximate surface area is 151 Å². The third-order valence-electron chi connectivity index (χ3n) is 3.89. The highest BCUT2D eigenvalue weighted by molar-refractivity contribution is 5.92. The molecule has 8 nitrogen and oxygen atoms in total. The van der Waals surface area contributed by atoms with Crippen molar-refractivity contribution in [1.29, 1.82) is 0 Å². The van der Waals surface area contributed by atoms with Gasteiger partial charge in [0.05, 0.1) is 13.1 Å². The van der Waals surface area contributed by atoms with Crippen molar-refractivity contribution >= 4 is 5.91 Å². The van der Waals surface area contributed by atoms with Crippen molar-refractivity contribution in [2.45, 2.75) is 26.4 Å². The molecule has 3 aromatic rings. The molecule has 0 fully saturated rings. The number of carbonyl (C=O) groups is 1. The van der Waals surface area contributed by atoms with E-state index in [1.54, 1.807) is 13.0 Å². The van der Waals surface area contributed by atoms with Crippen LogP contribution >= 0.6 is 0 Å². The molecule has 0 spiro atoms. The summed E-state index contributed by atoms with van der Waals surface area (Å²) in [7, 11) is 2.01. The molecule has 0 radical (unpaired) electrons. The first kappa shape index (κ1) is 17.8. The van der Waals surface area contributed by atoms with E-state index in [0.717, 1.165) is 13.0 Å². The zero-order valence-corrected chi connectivity index (χ0v) is 14.9. The molecule has 136 valence electrons. The van der Waals surface area contributed by atoms with Crippen LogP contribution in [0.1, 0.15) is 33.5 Å². The van der Waals surface area contributed by atoms with E-state index >= 15 is 0 Å². The molecule has 0 saturated carbocycles. The molecular formula is C18H22N6O2. The molecule has 1 aromatic carbocycles. The minimum Gasteiger partial charge on any atom is -0.359 e. The number of hydrogen-bond donors (Lipinski definition) is 2. The molecule has 1 amide bonds. The number of carbonyl (C=O) groups excluding carboxylic acids is 1. The van der Waals surface area contributed by atoms with Crippen LogP contribution in [0.15, 0.2) is 40.9 Å². The Morgan fingerprint density at radius 3 is 2.85 bits per heavy atom. The Morgan fingerprint density at radius 2 is 2.12 bits per heavy atom. The van der Waals surface area contributed by atoms with Gasteiger partial charge in [0, 0.05) is 12.6 Å². The molecule has 0 unspecified atom stereocenters. The molecule has 0 aliphatic heterocycles. The van der Waals surface area contributed by atoms with Crippen LogP contribution in [-0.4, -0.2) is 44.7 Å². The van der Waals surface area contributed by atoms with Gasteiger partial charge in [-0.2, -0.15) is 5.10 Å². The number of hydrogen-bond acceptors (Lipinski definition) is 6. The van der Waals surface area contributed by atoms with Crippen LogP contribution in [0.25, 0.3) is 0 Å². The molecule has 3 rings (SSSR count). The summed E-state index contributed by atoms with van der Waals surface area (Å²) in [5.74, 6) is 1.57. The fourth-order valence-electron chi connectivity index (χ4n) is 2.52. The molecule has 0 bridgehead atoms. The largest absolute Gasteiger partial charge is 0.359 e. The fraction of sp³-hybridized carbons (Fsp3) is 0.333. The number of likely N-dealkylation sites (N-methyl/N-ethyl adjacent to an activating group) is 1. The normalized spacial score (nSPS) is 11.0. The fourth-order valence-corrected chi connectivity index (χ4v) is 2.52. The van der Waals surface area contributed by atoms with E-state index < -0.39 is 0 Å². The van der Waals surface area contributed by atoms with Crippen molar-refractivity contribution < 1.29 is 9.32 Å². The maximum atomic E-state index is 12.1. The summed E-state index contributed by atoms with van der Waals surface area (Å²) in [5.41, 5.74) is 1.54. The molecular weight excluding hydrogens is 332 g/mol. The SMILES string of the molecule is Cc1nc(CNC(=O)c2cc(CN(C)CCc3ccccc3)on2)n[nH]1. The molecule has 2 N–H and O–H groups in total. The van der Waals surface area contributed by atoms with Crippen LogP contribution in [0.5, 0.6) is 0 Å². The summed E-state index contributed by atoms with van der Waals surface area (Å²) in [6, 6.07) is 12.0. The second-order valence-electron chi connectivity index (χ2n) is 6.17. The van der Waals surface area contributed by atoms with Gasteiger partial charge >= 0.3 is 0 Å². The predicted octanol–water partition coefficient (Wildman–Crippen LogP) is 1.71. The lowest BCUT2D eigenvalue weighted by Crippen LogP contribution is -2.23. The lowest BCUT2D eigenvalue weighted by atomic mass is 10.1. The maximum absolute atomic E-state index is 12.1. The molecule has 0 saturated heterocycles. The van der Waals surface area contributed by atoms with Gasteiger partial charge in [0.15, 0.2) is 17.3 Å². The molecule has 0 aliphatic rings. The van der Waals surface area contributed by atoms with Crippen LogP contribution in [0.3, 0.4) is 0 Å². The van der Waals surface area contributed by atoms with E-state index in [9.17, 15) is 4.79 Å². The van der Waals surface area contributed by atoms with Gasteiger partial charge in [-0.1, -0.05) is 35.5 Å².